The van der Waals surface area contributed by atoms with Gasteiger partial charge < -0.3 is 10.8 Å². The summed E-state index contributed by atoms with van der Waals surface area (Å²) < 4.78 is 0.992. The van der Waals surface area contributed by atoms with E-state index in [1.54, 1.807) is 0 Å². The van der Waals surface area contributed by atoms with Gasteiger partial charge in [-0.05, 0) is 43.0 Å². The molecule has 1 unspecified atom stereocenters. The lowest BCUT2D eigenvalue weighted by Gasteiger charge is -2.12. The van der Waals surface area contributed by atoms with Crippen LogP contribution in [0.4, 0.5) is 0 Å². The monoisotopic (exact) mass is 257 g/mol. The van der Waals surface area contributed by atoms with Gasteiger partial charge in [0.25, 0.3) is 0 Å². The lowest BCUT2D eigenvalue weighted by Crippen LogP contribution is -2.21. The number of phenols is 1. The molecule has 3 N–H and O–H groups in total. The van der Waals surface area contributed by atoms with Crippen LogP contribution in [0.3, 0.4) is 0 Å². The van der Waals surface area contributed by atoms with Crippen molar-refractivity contribution in [3.05, 3.63) is 27.7 Å². The van der Waals surface area contributed by atoms with Crippen molar-refractivity contribution in [3.8, 4) is 5.75 Å². The summed E-state index contributed by atoms with van der Waals surface area (Å²) in [6, 6.07) is 3.95. The van der Waals surface area contributed by atoms with E-state index in [9.17, 15) is 5.11 Å². The summed E-state index contributed by atoms with van der Waals surface area (Å²) in [6.45, 7) is 3.94. The SMILES string of the molecule is CCC(N)Cc1cc(Br)cc(C)c1O. The zero-order valence-electron chi connectivity index (χ0n) is 8.55. The molecule has 0 bridgehead atoms. The lowest BCUT2D eigenvalue weighted by atomic mass is 10.0. The van der Waals surface area contributed by atoms with E-state index in [1.165, 1.54) is 0 Å². The molecule has 0 aliphatic heterocycles. The first-order valence-corrected chi connectivity index (χ1v) is 5.57. The number of halogens is 1. The van der Waals surface area contributed by atoms with Crippen LogP contribution < -0.4 is 5.73 Å². The molecule has 0 fully saturated rings. The number of nitrogens with two attached hydrogens (primary N) is 1. The van der Waals surface area contributed by atoms with E-state index in [0.717, 1.165) is 28.4 Å². The Balaban J connectivity index is 2.96. The number of benzene rings is 1. The Kier molecular flexibility index (Phi) is 3.96. The first-order chi connectivity index (χ1) is 6.54. The fraction of sp³-hybridized carbons (Fsp3) is 0.455. The smallest absolute Gasteiger partial charge is 0.121 e. The number of hydrogen-bond acceptors (Lipinski definition) is 2. The minimum atomic E-state index is 0.120. The first kappa shape index (κ1) is 11.5. The van der Waals surface area contributed by atoms with E-state index in [4.69, 9.17) is 5.73 Å². The molecule has 0 saturated heterocycles. The fourth-order valence-corrected chi connectivity index (χ4v) is 2.01. The maximum Gasteiger partial charge on any atom is 0.121 e. The van der Waals surface area contributed by atoms with Gasteiger partial charge in [0.2, 0.25) is 0 Å². The molecular weight excluding hydrogens is 242 g/mol. The third-order valence-corrected chi connectivity index (χ3v) is 2.81. The minimum absolute atomic E-state index is 0.120. The number of aromatic hydroxyl groups is 1. The van der Waals surface area contributed by atoms with Crippen LogP contribution in [0.15, 0.2) is 16.6 Å². The summed E-state index contributed by atoms with van der Waals surface area (Å²) in [5.74, 6) is 0.372. The van der Waals surface area contributed by atoms with Crippen LogP contribution in [-0.4, -0.2) is 11.1 Å². The van der Waals surface area contributed by atoms with Crippen LogP contribution in [0.2, 0.25) is 0 Å². The first-order valence-electron chi connectivity index (χ1n) is 4.78. The van der Waals surface area contributed by atoms with E-state index in [0.29, 0.717) is 5.75 Å². The van der Waals surface area contributed by atoms with Crippen LogP contribution in [0.5, 0.6) is 5.75 Å². The van der Waals surface area contributed by atoms with Gasteiger partial charge in [0.15, 0.2) is 0 Å². The lowest BCUT2D eigenvalue weighted by molar-refractivity contribution is 0.459. The van der Waals surface area contributed by atoms with Gasteiger partial charge >= 0.3 is 0 Å². The molecule has 0 heterocycles. The van der Waals surface area contributed by atoms with Crippen molar-refractivity contribution in [2.45, 2.75) is 32.7 Å². The van der Waals surface area contributed by atoms with E-state index in [1.807, 2.05) is 26.0 Å². The van der Waals surface area contributed by atoms with Crippen molar-refractivity contribution < 1.29 is 5.11 Å². The average Bonchev–Trinajstić information content (AvgIpc) is 2.13. The number of aryl methyl sites for hydroxylation is 1. The summed E-state index contributed by atoms with van der Waals surface area (Å²) in [6.07, 6.45) is 1.65. The second-order valence-electron chi connectivity index (χ2n) is 3.60. The number of hydrogen-bond donors (Lipinski definition) is 2. The van der Waals surface area contributed by atoms with Gasteiger partial charge in [-0.15, -0.1) is 0 Å². The Hall–Kier alpha value is -0.540. The maximum atomic E-state index is 9.79. The maximum absolute atomic E-state index is 9.79. The van der Waals surface area contributed by atoms with Gasteiger partial charge in [0.05, 0.1) is 0 Å². The van der Waals surface area contributed by atoms with Gasteiger partial charge in [-0.1, -0.05) is 22.9 Å². The van der Waals surface area contributed by atoms with E-state index >= 15 is 0 Å². The molecule has 1 atom stereocenters. The molecule has 1 aromatic rings. The summed E-state index contributed by atoms with van der Waals surface area (Å²) in [5.41, 5.74) is 7.66. The molecule has 0 amide bonds. The van der Waals surface area contributed by atoms with Gasteiger partial charge in [0.1, 0.15) is 5.75 Å². The third-order valence-electron chi connectivity index (χ3n) is 2.35. The van der Waals surface area contributed by atoms with Crippen molar-refractivity contribution in [1.29, 1.82) is 0 Å². The van der Waals surface area contributed by atoms with Crippen molar-refractivity contribution in [1.82, 2.24) is 0 Å². The van der Waals surface area contributed by atoms with Gasteiger partial charge in [-0.3, -0.25) is 0 Å². The molecule has 3 heteroatoms. The van der Waals surface area contributed by atoms with Gasteiger partial charge in [-0.2, -0.15) is 0 Å². The van der Waals surface area contributed by atoms with Crippen LogP contribution in [0.25, 0.3) is 0 Å². The summed E-state index contributed by atoms with van der Waals surface area (Å²) >= 11 is 3.41. The third kappa shape index (κ3) is 2.72. The zero-order chi connectivity index (χ0) is 10.7. The van der Waals surface area contributed by atoms with Crippen molar-refractivity contribution in [3.63, 3.8) is 0 Å². The molecule has 0 aliphatic rings. The average molecular weight is 258 g/mol. The van der Waals surface area contributed by atoms with Crippen molar-refractivity contribution in [2.24, 2.45) is 5.73 Å². The van der Waals surface area contributed by atoms with E-state index in [2.05, 4.69) is 15.9 Å². The Morgan fingerprint density at radius 2 is 2.14 bits per heavy atom. The molecule has 78 valence electrons. The Morgan fingerprint density at radius 3 is 2.71 bits per heavy atom. The van der Waals surface area contributed by atoms with Crippen LogP contribution >= 0.6 is 15.9 Å². The Morgan fingerprint density at radius 1 is 1.50 bits per heavy atom. The molecule has 0 saturated carbocycles. The Bertz CT molecular complexity index is 325. The zero-order valence-corrected chi connectivity index (χ0v) is 10.1. The normalized spacial score (nSPS) is 12.9. The minimum Gasteiger partial charge on any atom is -0.507 e. The van der Waals surface area contributed by atoms with E-state index < -0.39 is 0 Å². The summed E-state index contributed by atoms with van der Waals surface area (Å²) in [5, 5.41) is 9.79. The highest BCUT2D eigenvalue weighted by atomic mass is 79.9. The number of rotatable bonds is 3. The van der Waals surface area contributed by atoms with Crippen LogP contribution in [0, 0.1) is 6.92 Å². The molecule has 0 aliphatic carbocycles. The van der Waals surface area contributed by atoms with Gasteiger partial charge in [0, 0.05) is 10.5 Å². The molecule has 0 aromatic heterocycles. The van der Waals surface area contributed by atoms with E-state index in [-0.39, 0.29) is 6.04 Å². The van der Waals surface area contributed by atoms with Crippen molar-refractivity contribution in [2.75, 3.05) is 0 Å². The second kappa shape index (κ2) is 4.80. The highest BCUT2D eigenvalue weighted by Gasteiger charge is 2.09. The van der Waals surface area contributed by atoms with Crippen LogP contribution in [0.1, 0.15) is 24.5 Å². The summed E-state index contributed by atoms with van der Waals surface area (Å²) in [4.78, 5) is 0. The molecule has 0 spiro atoms. The predicted molar refractivity (Wildman–Crippen MR) is 62.5 cm³/mol. The molecular formula is C11H16BrNO. The molecule has 1 rings (SSSR count). The summed E-state index contributed by atoms with van der Waals surface area (Å²) in [7, 11) is 0. The van der Waals surface area contributed by atoms with Crippen LogP contribution in [-0.2, 0) is 6.42 Å². The highest BCUT2D eigenvalue weighted by molar-refractivity contribution is 9.10. The largest absolute Gasteiger partial charge is 0.507 e. The fourth-order valence-electron chi connectivity index (χ4n) is 1.39. The molecule has 14 heavy (non-hydrogen) atoms. The molecule has 0 radical (unpaired) electrons. The topological polar surface area (TPSA) is 46.2 Å². The standard InChI is InChI=1S/C11H16BrNO/c1-3-10(13)6-8-5-9(12)4-7(2)11(8)14/h4-5,10,14H,3,6,13H2,1-2H3. The number of phenolic OH excluding ortho intramolecular Hbond substituents is 1. The Labute approximate surface area is 93.3 Å². The predicted octanol–water partition coefficient (Wildman–Crippen LogP) is 2.74. The second-order valence-corrected chi connectivity index (χ2v) is 4.52. The quantitative estimate of drug-likeness (QED) is 0.875. The van der Waals surface area contributed by atoms with Gasteiger partial charge in [-0.25, -0.2) is 0 Å². The highest BCUT2D eigenvalue weighted by Crippen LogP contribution is 2.27. The molecule has 1 aromatic carbocycles. The van der Waals surface area contributed by atoms with Crippen molar-refractivity contribution >= 4 is 15.9 Å². The molecule has 2 nitrogen and oxygen atoms in total.